The summed E-state index contributed by atoms with van der Waals surface area (Å²) in [6.45, 7) is 0. The molecule has 0 aliphatic carbocycles. The summed E-state index contributed by atoms with van der Waals surface area (Å²) in [6.07, 6.45) is -0.858. The number of ether oxygens (including phenoxy) is 4. The van der Waals surface area contributed by atoms with Crippen LogP contribution in [0.5, 0.6) is 0 Å². The van der Waals surface area contributed by atoms with Crippen molar-refractivity contribution in [1.29, 1.82) is 0 Å². The fraction of sp³-hybridized carbons (Fsp3) is 0.700. The molecule has 0 aromatic carbocycles. The van der Waals surface area contributed by atoms with Gasteiger partial charge >= 0.3 is 17.9 Å². The minimum absolute atomic E-state index is 0. The monoisotopic (exact) mass is 265 g/mol. The first-order chi connectivity index (χ1) is 7.95. The van der Waals surface area contributed by atoms with Crippen molar-refractivity contribution in [2.75, 3.05) is 28.4 Å². The van der Waals surface area contributed by atoms with Crippen LogP contribution in [0, 0.1) is 0 Å². The van der Waals surface area contributed by atoms with E-state index in [0.717, 1.165) is 21.3 Å². The molecule has 0 atom stereocenters. The number of esters is 3. The average molecular weight is 265 g/mol. The van der Waals surface area contributed by atoms with Gasteiger partial charge in [-0.1, -0.05) is 0 Å². The van der Waals surface area contributed by atoms with Crippen LogP contribution in [0.3, 0.4) is 0 Å². The third-order valence-corrected chi connectivity index (χ3v) is 2.26. The van der Waals surface area contributed by atoms with Crippen LogP contribution in [0.4, 0.5) is 0 Å². The van der Waals surface area contributed by atoms with Crippen molar-refractivity contribution in [3.05, 3.63) is 0 Å². The fourth-order valence-corrected chi connectivity index (χ4v) is 1.23. The minimum atomic E-state index is -1.71. The van der Waals surface area contributed by atoms with Crippen molar-refractivity contribution in [3.8, 4) is 0 Å². The Morgan fingerprint density at radius 3 is 1.44 bits per heavy atom. The Kier molecular flexibility index (Phi) is 8.75. The lowest BCUT2D eigenvalue weighted by molar-refractivity contribution is -0.178. The van der Waals surface area contributed by atoms with Gasteiger partial charge in [0.2, 0.25) is 0 Å². The van der Waals surface area contributed by atoms with Crippen LogP contribution in [0.2, 0.25) is 0 Å². The van der Waals surface area contributed by atoms with E-state index in [1.807, 2.05) is 0 Å². The number of rotatable bonds is 6. The summed E-state index contributed by atoms with van der Waals surface area (Å²) in [4.78, 5) is 34.0. The normalized spacial score (nSPS) is 10.0. The highest BCUT2D eigenvalue weighted by atomic mass is 16.6. The van der Waals surface area contributed by atoms with Crippen molar-refractivity contribution >= 4 is 17.9 Å². The number of carbonyl (C=O) groups is 3. The van der Waals surface area contributed by atoms with Gasteiger partial charge in [0.25, 0.3) is 0 Å². The van der Waals surface area contributed by atoms with Gasteiger partial charge in [-0.2, -0.15) is 0 Å². The smallest absolute Gasteiger partial charge is 0.339 e. The van der Waals surface area contributed by atoms with E-state index in [-0.39, 0.29) is 6.15 Å². The summed E-state index contributed by atoms with van der Waals surface area (Å²) in [5, 5.41) is 0. The first-order valence-corrected chi connectivity index (χ1v) is 4.73. The highest BCUT2D eigenvalue weighted by Gasteiger charge is 2.45. The summed E-state index contributed by atoms with van der Waals surface area (Å²) in [5.41, 5.74) is -1.71. The molecular weight excluding hydrogens is 246 g/mol. The number of hydrogen-bond acceptors (Lipinski definition) is 8. The summed E-state index contributed by atoms with van der Waals surface area (Å²) in [7, 11) is 4.66. The third kappa shape index (κ3) is 4.68. The van der Waals surface area contributed by atoms with Crippen LogP contribution in [0.25, 0.3) is 0 Å². The van der Waals surface area contributed by atoms with Gasteiger partial charge < -0.3 is 25.1 Å². The molecule has 18 heavy (non-hydrogen) atoms. The highest BCUT2D eigenvalue weighted by molar-refractivity contribution is 5.90. The van der Waals surface area contributed by atoms with E-state index in [2.05, 4.69) is 14.2 Å². The topological polar surface area (TPSA) is 123 Å². The molecule has 106 valence electrons. The van der Waals surface area contributed by atoms with Gasteiger partial charge in [0.05, 0.1) is 34.2 Å². The molecule has 0 fully saturated rings. The maximum atomic E-state index is 11.6. The van der Waals surface area contributed by atoms with Crippen LogP contribution in [0.1, 0.15) is 12.8 Å². The summed E-state index contributed by atoms with van der Waals surface area (Å²) < 4.78 is 18.4. The van der Waals surface area contributed by atoms with E-state index >= 15 is 0 Å². The molecule has 3 N–H and O–H groups in total. The summed E-state index contributed by atoms with van der Waals surface area (Å²) in [6, 6.07) is 0. The molecular formula is C10H19NO7. The molecule has 0 amide bonds. The predicted molar refractivity (Wildman–Crippen MR) is 60.0 cm³/mol. The number of carbonyl (C=O) groups excluding carboxylic acids is 3. The average Bonchev–Trinajstić information content (AvgIpc) is 2.36. The Labute approximate surface area is 105 Å². The van der Waals surface area contributed by atoms with E-state index < -0.39 is 36.4 Å². The van der Waals surface area contributed by atoms with E-state index in [9.17, 15) is 14.4 Å². The van der Waals surface area contributed by atoms with Crippen LogP contribution in [-0.4, -0.2) is 51.9 Å². The lowest BCUT2D eigenvalue weighted by Crippen LogP contribution is -2.46. The molecule has 0 rings (SSSR count). The maximum absolute atomic E-state index is 11.6. The second-order valence-corrected chi connectivity index (χ2v) is 3.20. The first kappa shape index (κ1) is 18.7. The molecule has 0 saturated carbocycles. The van der Waals surface area contributed by atoms with Gasteiger partial charge in [0.15, 0.2) is 5.60 Å². The van der Waals surface area contributed by atoms with E-state index in [4.69, 9.17) is 4.74 Å². The minimum Gasteiger partial charge on any atom is -0.469 e. The Balaban J connectivity index is 0. The van der Waals surface area contributed by atoms with Crippen molar-refractivity contribution in [3.63, 3.8) is 0 Å². The van der Waals surface area contributed by atoms with Crippen molar-refractivity contribution < 1.29 is 33.3 Å². The zero-order chi connectivity index (χ0) is 13.5. The predicted octanol–water partition coefficient (Wildman–Crippen LogP) is -0.167. The zero-order valence-corrected chi connectivity index (χ0v) is 11.0. The molecule has 0 radical (unpaired) electrons. The molecule has 0 aliphatic heterocycles. The quantitative estimate of drug-likeness (QED) is 0.518. The Morgan fingerprint density at radius 2 is 1.22 bits per heavy atom. The molecule has 0 unspecified atom stereocenters. The molecule has 8 heteroatoms. The van der Waals surface area contributed by atoms with E-state index in [1.165, 1.54) is 7.11 Å². The van der Waals surface area contributed by atoms with Gasteiger partial charge in [-0.3, -0.25) is 9.59 Å². The molecule has 0 aromatic rings. The molecule has 0 heterocycles. The number of hydrogen-bond donors (Lipinski definition) is 1. The Bertz CT molecular complexity index is 285. The molecule has 8 nitrogen and oxygen atoms in total. The van der Waals surface area contributed by atoms with Crippen LogP contribution < -0.4 is 6.15 Å². The van der Waals surface area contributed by atoms with Crippen molar-refractivity contribution in [2.45, 2.75) is 18.4 Å². The van der Waals surface area contributed by atoms with Crippen molar-refractivity contribution in [2.24, 2.45) is 0 Å². The Morgan fingerprint density at radius 1 is 0.833 bits per heavy atom. The number of methoxy groups -OCH3 is 4. The zero-order valence-electron chi connectivity index (χ0n) is 11.0. The molecule has 0 saturated heterocycles. The van der Waals surface area contributed by atoms with Crippen LogP contribution in [0.15, 0.2) is 0 Å². The van der Waals surface area contributed by atoms with Gasteiger partial charge in [-0.25, -0.2) is 4.79 Å². The van der Waals surface area contributed by atoms with E-state index in [0.29, 0.717) is 0 Å². The molecule has 0 spiro atoms. The van der Waals surface area contributed by atoms with Gasteiger partial charge in [0.1, 0.15) is 0 Å². The lowest BCUT2D eigenvalue weighted by atomic mass is 9.95. The second kappa shape index (κ2) is 8.43. The van der Waals surface area contributed by atoms with E-state index in [1.54, 1.807) is 0 Å². The van der Waals surface area contributed by atoms with Gasteiger partial charge in [-0.15, -0.1) is 0 Å². The second-order valence-electron chi connectivity index (χ2n) is 3.20. The highest BCUT2D eigenvalue weighted by Crippen LogP contribution is 2.23. The summed E-state index contributed by atoms with van der Waals surface area (Å²) in [5.74, 6) is -2.22. The van der Waals surface area contributed by atoms with Crippen molar-refractivity contribution in [1.82, 2.24) is 6.15 Å². The standard InChI is InChI=1S/C10H16O7.H3N/c1-14-7(11)5-10(17-4,9(13)16-3)6-8(12)15-2;/h5-6H2,1-4H3;1H3. The molecule has 0 aliphatic rings. The molecule has 0 bridgehead atoms. The van der Waals surface area contributed by atoms with Gasteiger partial charge in [0, 0.05) is 7.11 Å². The van der Waals surface area contributed by atoms with Crippen LogP contribution >= 0.6 is 0 Å². The SMILES string of the molecule is COC(=O)CC(CC(=O)OC)(OC)C(=O)OC.N. The Hall–Kier alpha value is -1.67. The first-order valence-electron chi connectivity index (χ1n) is 4.73. The largest absolute Gasteiger partial charge is 0.469 e. The summed E-state index contributed by atoms with van der Waals surface area (Å²) >= 11 is 0. The third-order valence-electron chi connectivity index (χ3n) is 2.26. The fourth-order valence-electron chi connectivity index (χ4n) is 1.23. The lowest BCUT2D eigenvalue weighted by Gasteiger charge is -2.27. The van der Waals surface area contributed by atoms with Gasteiger partial charge in [-0.05, 0) is 0 Å². The maximum Gasteiger partial charge on any atom is 0.339 e. The molecule has 0 aromatic heterocycles. The van der Waals surface area contributed by atoms with Crippen LogP contribution in [-0.2, 0) is 33.3 Å².